The molecule has 0 unspecified atom stereocenters. The first-order chi connectivity index (χ1) is 13.5. The van der Waals surface area contributed by atoms with Crippen LogP contribution in [-0.4, -0.2) is 43.8 Å². The van der Waals surface area contributed by atoms with Gasteiger partial charge in [-0.05, 0) is 25.5 Å². The molecule has 8 nitrogen and oxygen atoms in total. The lowest BCUT2D eigenvalue weighted by molar-refractivity contribution is 0.220. The number of phenolic OH excluding ortho intramolecular Hbond substituents is 1. The van der Waals surface area contributed by atoms with Gasteiger partial charge in [-0.1, -0.05) is 6.07 Å². The van der Waals surface area contributed by atoms with Gasteiger partial charge in [-0.2, -0.15) is 0 Å². The first-order valence-corrected chi connectivity index (χ1v) is 10.7. The highest BCUT2D eigenvalue weighted by Gasteiger charge is 2.29. The SMILES string of the molecule is CCOP(=O)(CN(Cc1cccnc1)c1cc(OC)c(O)c(OC)c1)OCC. The van der Waals surface area contributed by atoms with Crippen LogP contribution in [-0.2, 0) is 20.2 Å². The largest absolute Gasteiger partial charge is 0.502 e. The minimum atomic E-state index is -3.38. The third kappa shape index (κ3) is 5.61. The monoisotopic (exact) mass is 410 g/mol. The average Bonchev–Trinajstić information content (AvgIpc) is 2.69. The van der Waals surface area contributed by atoms with Gasteiger partial charge in [-0.3, -0.25) is 9.55 Å². The molecule has 0 aliphatic heterocycles. The number of hydrogen-bond donors (Lipinski definition) is 1. The summed E-state index contributed by atoms with van der Waals surface area (Å²) in [6.45, 7) is 4.46. The van der Waals surface area contributed by atoms with Crippen molar-refractivity contribution >= 4 is 13.3 Å². The lowest BCUT2D eigenvalue weighted by atomic mass is 10.2. The van der Waals surface area contributed by atoms with E-state index in [1.54, 1.807) is 38.4 Å². The Morgan fingerprint density at radius 1 is 1.11 bits per heavy atom. The number of aromatic hydroxyl groups is 1. The Kier molecular flexibility index (Phi) is 8.11. The zero-order valence-corrected chi connectivity index (χ0v) is 17.5. The highest BCUT2D eigenvalue weighted by atomic mass is 31.2. The van der Waals surface area contributed by atoms with Gasteiger partial charge in [-0.25, -0.2) is 0 Å². The lowest BCUT2D eigenvalue weighted by Gasteiger charge is -2.29. The second-order valence-electron chi connectivity index (χ2n) is 5.85. The predicted octanol–water partition coefficient (Wildman–Crippen LogP) is 4.03. The number of ether oxygens (including phenoxy) is 2. The van der Waals surface area contributed by atoms with E-state index in [9.17, 15) is 9.67 Å². The fourth-order valence-electron chi connectivity index (χ4n) is 2.72. The molecule has 0 aliphatic rings. The van der Waals surface area contributed by atoms with E-state index in [0.717, 1.165) is 5.56 Å². The molecule has 9 heteroatoms. The molecular weight excluding hydrogens is 383 g/mol. The fraction of sp³-hybridized carbons (Fsp3) is 0.421. The van der Waals surface area contributed by atoms with Crippen LogP contribution in [0, 0.1) is 0 Å². The van der Waals surface area contributed by atoms with Crippen LogP contribution in [0.25, 0.3) is 0 Å². The summed E-state index contributed by atoms with van der Waals surface area (Å²) >= 11 is 0. The molecule has 0 bridgehead atoms. The first kappa shape index (κ1) is 22.0. The van der Waals surface area contributed by atoms with Crippen LogP contribution in [0.1, 0.15) is 19.4 Å². The van der Waals surface area contributed by atoms with Crippen LogP contribution < -0.4 is 14.4 Å². The molecule has 0 saturated heterocycles. The predicted molar refractivity (Wildman–Crippen MR) is 107 cm³/mol. The highest BCUT2D eigenvalue weighted by molar-refractivity contribution is 7.53. The number of rotatable bonds is 11. The molecule has 2 aromatic rings. The Labute approximate surface area is 165 Å². The van der Waals surface area contributed by atoms with Crippen LogP contribution in [0.15, 0.2) is 36.7 Å². The molecule has 28 heavy (non-hydrogen) atoms. The van der Waals surface area contributed by atoms with E-state index < -0.39 is 7.60 Å². The van der Waals surface area contributed by atoms with E-state index in [1.807, 2.05) is 17.0 Å². The van der Waals surface area contributed by atoms with Gasteiger partial charge in [0.25, 0.3) is 0 Å². The van der Waals surface area contributed by atoms with Crippen LogP contribution >= 0.6 is 7.60 Å². The van der Waals surface area contributed by atoms with Crippen molar-refractivity contribution in [2.24, 2.45) is 0 Å². The molecule has 0 atom stereocenters. The first-order valence-electron chi connectivity index (χ1n) is 8.93. The van der Waals surface area contributed by atoms with Gasteiger partial charge >= 0.3 is 7.60 Å². The van der Waals surface area contributed by atoms with Crippen LogP contribution in [0.5, 0.6) is 17.2 Å². The molecule has 0 spiro atoms. The number of nitrogens with zero attached hydrogens (tertiary/aromatic N) is 2. The molecule has 1 aromatic carbocycles. The molecule has 0 aliphatic carbocycles. The fourth-order valence-corrected chi connectivity index (χ4v) is 4.42. The maximum Gasteiger partial charge on any atom is 0.349 e. The van der Waals surface area contributed by atoms with Crippen LogP contribution in [0.4, 0.5) is 5.69 Å². The van der Waals surface area contributed by atoms with E-state index in [-0.39, 0.29) is 36.7 Å². The van der Waals surface area contributed by atoms with Gasteiger partial charge in [0.05, 0.1) is 27.4 Å². The second kappa shape index (κ2) is 10.3. The van der Waals surface area contributed by atoms with Crippen molar-refractivity contribution in [3.8, 4) is 17.2 Å². The molecule has 0 amide bonds. The minimum Gasteiger partial charge on any atom is -0.502 e. The molecule has 0 fully saturated rings. The molecule has 1 aromatic heterocycles. The standard InChI is InChI=1S/C19H27N2O6P/c1-5-26-28(23,27-6-2)14-21(13-15-8-7-9-20-12-15)16-10-17(24-3)19(22)18(11-16)25-4/h7-12,22H,5-6,13-14H2,1-4H3. The third-order valence-corrected chi connectivity index (χ3v) is 5.91. The molecule has 0 saturated carbocycles. The molecular formula is C19H27N2O6P. The third-order valence-electron chi connectivity index (χ3n) is 3.92. The van der Waals surface area contributed by atoms with Gasteiger partial charge in [0, 0.05) is 36.8 Å². The van der Waals surface area contributed by atoms with Crippen molar-refractivity contribution in [3.63, 3.8) is 0 Å². The van der Waals surface area contributed by atoms with E-state index in [0.29, 0.717) is 12.2 Å². The van der Waals surface area contributed by atoms with Gasteiger partial charge < -0.3 is 28.5 Å². The lowest BCUT2D eigenvalue weighted by Crippen LogP contribution is -2.25. The topological polar surface area (TPSA) is 90.4 Å². The van der Waals surface area contributed by atoms with Gasteiger partial charge in [-0.15, -0.1) is 0 Å². The van der Waals surface area contributed by atoms with Crippen molar-refractivity contribution in [1.29, 1.82) is 0 Å². The Morgan fingerprint density at radius 3 is 2.18 bits per heavy atom. The number of pyridine rings is 1. The van der Waals surface area contributed by atoms with E-state index in [2.05, 4.69) is 4.98 Å². The van der Waals surface area contributed by atoms with E-state index in [4.69, 9.17) is 18.5 Å². The van der Waals surface area contributed by atoms with Crippen molar-refractivity contribution in [2.45, 2.75) is 20.4 Å². The Bertz CT molecular complexity index is 767. The van der Waals surface area contributed by atoms with Crippen molar-refractivity contribution in [1.82, 2.24) is 4.98 Å². The molecule has 1 N–H and O–H groups in total. The number of aromatic nitrogens is 1. The van der Waals surface area contributed by atoms with Crippen molar-refractivity contribution in [3.05, 3.63) is 42.2 Å². The van der Waals surface area contributed by atoms with E-state index in [1.165, 1.54) is 14.2 Å². The zero-order valence-electron chi connectivity index (χ0n) is 16.6. The van der Waals surface area contributed by atoms with Gasteiger partial charge in [0.1, 0.15) is 6.29 Å². The number of hydrogen-bond acceptors (Lipinski definition) is 8. The summed E-state index contributed by atoms with van der Waals surface area (Å²) in [6.07, 6.45) is 3.43. The van der Waals surface area contributed by atoms with Crippen molar-refractivity contribution < 1.29 is 28.2 Å². The number of methoxy groups -OCH3 is 2. The highest BCUT2D eigenvalue weighted by Crippen LogP contribution is 2.50. The number of anilines is 1. The van der Waals surface area contributed by atoms with Crippen molar-refractivity contribution in [2.75, 3.05) is 38.6 Å². The molecule has 0 radical (unpaired) electrons. The summed E-state index contributed by atoms with van der Waals surface area (Å²) in [5.74, 6) is 0.384. The molecule has 1 heterocycles. The summed E-state index contributed by atoms with van der Waals surface area (Å²) in [4.78, 5) is 5.96. The van der Waals surface area contributed by atoms with Crippen LogP contribution in [0.2, 0.25) is 0 Å². The zero-order chi connectivity index (χ0) is 20.6. The number of phenols is 1. The van der Waals surface area contributed by atoms with Crippen LogP contribution in [0.3, 0.4) is 0 Å². The Hall–Kier alpha value is -2.28. The van der Waals surface area contributed by atoms with Gasteiger partial charge in [0.2, 0.25) is 5.75 Å². The second-order valence-corrected chi connectivity index (χ2v) is 7.87. The Morgan fingerprint density at radius 2 is 1.71 bits per heavy atom. The smallest absolute Gasteiger partial charge is 0.349 e. The summed E-state index contributed by atoms with van der Waals surface area (Å²) in [7, 11) is -0.469. The summed E-state index contributed by atoms with van der Waals surface area (Å²) < 4.78 is 34.6. The van der Waals surface area contributed by atoms with Gasteiger partial charge in [0.15, 0.2) is 11.5 Å². The number of benzene rings is 1. The van der Waals surface area contributed by atoms with E-state index >= 15 is 0 Å². The summed E-state index contributed by atoms with van der Waals surface area (Å²) in [5, 5.41) is 10.2. The quantitative estimate of drug-likeness (QED) is 0.555. The summed E-state index contributed by atoms with van der Waals surface area (Å²) in [6, 6.07) is 7.05. The maximum absolute atomic E-state index is 13.1. The maximum atomic E-state index is 13.1. The minimum absolute atomic E-state index is 0.0145. The Balaban J connectivity index is 2.47. The summed E-state index contributed by atoms with van der Waals surface area (Å²) in [5.41, 5.74) is 1.54. The molecule has 154 valence electrons. The molecule has 2 rings (SSSR count). The normalized spacial score (nSPS) is 11.3. The average molecular weight is 410 g/mol.